The molecular formula is C12H16N2O4. The van der Waals surface area contributed by atoms with Crippen LogP contribution in [0, 0.1) is 5.41 Å². The molecule has 6 heteroatoms. The smallest absolute Gasteiger partial charge is 0.311 e. The number of carbonyl (C=O) groups excluding carboxylic acids is 1. The van der Waals surface area contributed by atoms with Crippen molar-refractivity contribution in [3.63, 3.8) is 0 Å². The molecule has 0 aliphatic carbocycles. The zero-order valence-electron chi connectivity index (χ0n) is 10.3. The van der Waals surface area contributed by atoms with Gasteiger partial charge in [0.25, 0.3) is 5.91 Å². The zero-order chi connectivity index (χ0) is 13.8. The van der Waals surface area contributed by atoms with Gasteiger partial charge in [0.15, 0.2) is 0 Å². The standard InChI is InChI=1S/C12H16N2O4/c1-3-12(2,11(17)18)7-14-10(16)8-4-5-9(15)13-6-8/h4-6H,3,7H2,1-2H3,(H,13,15)(H,14,16)(H,17,18). The van der Waals surface area contributed by atoms with Crippen LogP contribution >= 0.6 is 0 Å². The third-order valence-electron chi connectivity index (χ3n) is 2.98. The van der Waals surface area contributed by atoms with E-state index in [4.69, 9.17) is 5.11 Å². The molecule has 0 aromatic carbocycles. The molecular weight excluding hydrogens is 236 g/mol. The fraction of sp³-hybridized carbons (Fsp3) is 0.417. The maximum atomic E-state index is 11.7. The van der Waals surface area contributed by atoms with E-state index in [-0.39, 0.29) is 12.1 Å². The maximum absolute atomic E-state index is 11.7. The summed E-state index contributed by atoms with van der Waals surface area (Å²) in [7, 11) is 0. The lowest BCUT2D eigenvalue weighted by Crippen LogP contribution is -2.40. The van der Waals surface area contributed by atoms with Gasteiger partial charge in [-0.05, 0) is 19.4 Å². The van der Waals surface area contributed by atoms with E-state index < -0.39 is 17.3 Å². The van der Waals surface area contributed by atoms with Crippen molar-refractivity contribution in [1.82, 2.24) is 10.3 Å². The Morgan fingerprint density at radius 2 is 2.11 bits per heavy atom. The van der Waals surface area contributed by atoms with Crippen molar-refractivity contribution in [1.29, 1.82) is 0 Å². The van der Waals surface area contributed by atoms with E-state index in [0.717, 1.165) is 0 Å². The van der Waals surface area contributed by atoms with Gasteiger partial charge in [-0.3, -0.25) is 14.4 Å². The maximum Gasteiger partial charge on any atom is 0.311 e. The number of hydrogen-bond acceptors (Lipinski definition) is 3. The second kappa shape index (κ2) is 5.48. The number of rotatable bonds is 5. The summed E-state index contributed by atoms with van der Waals surface area (Å²) >= 11 is 0. The first-order valence-electron chi connectivity index (χ1n) is 5.59. The summed E-state index contributed by atoms with van der Waals surface area (Å²) in [6.45, 7) is 3.36. The van der Waals surface area contributed by atoms with Crippen LogP contribution in [0.3, 0.4) is 0 Å². The third-order valence-corrected chi connectivity index (χ3v) is 2.98. The Balaban J connectivity index is 2.69. The number of pyridine rings is 1. The Labute approximate surface area is 104 Å². The number of hydrogen-bond donors (Lipinski definition) is 3. The zero-order valence-corrected chi connectivity index (χ0v) is 10.3. The average molecular weight is 252 g/mol. The molecule has 0 saturated carbocycles. The molecule has 6 nitrogen and oxygen atoms in total. The first kappa shape index (κ1) is 14.0. The number of carboxylic acid groups (broad SMARTS) is 1. The lowest BCUT2D eigenvalue weighted by molar-refractivity contribution is -0.147. The molecule has 0 aliphatic rings. The number of H-pyrrole nitrogens is 1. The van der Waals surface area contributed by atoms with Crippen molar-refractivity contribution < 1.29 is 14.7 Å². The van der Waals surface area contributed by atoms with Gasteiger partial charge in [0, 0.05) is 18.8 Å². The van der Waals surface area contributed by atoms with Gasteiger partial charge in [-0.2, -0.15) is 0 Å². The van der Waals surface area contributed by atoms with Crippen molar-refractivity contribution in [2.24, 2.45) is 5.41 Å². The van der Waals surface area contributed by atoms with Crippen LogP contribution in [0.4, 0.5) is 0 Å². The predicted molar refractivity (Wildman–Crippen MR) is 65.4 cm³/mol. The van der Waals surface area contributed by atoms with E-state index in [1.54, 1.807) is 13.8 Å². The van der Waals surface area contributed by atoms with Gasteiger partial charge in [-0.1, -0.05) is 6.92 Å². The monoisotopic (exact) mass is 252 g/mol. The van der Waals surface area contributed by atoms with Gasteiger partial charge < -0.3 is 15.4 Å². The molecule has 0 radical (unpaired) electrons. The van der Waals surface area contributed by atoms with Gasteiger partial charge in [0.1, 0.15) is 0 Å². The summed E-state index contributed by atoms with van der Waals surface area (Å²) in [6.07, 6.45) is 1.70. The number of carboxylic acids is 1. The number of nitrogens with one attached hydrogen (secondary N) is 2. The molecule has 1 atom stereocenters. The normalized spacial score (nSPS) is 13.7. The Kier molecular flexibility index (Phi) is 4.25. The third kappa shape index (κ3) is 3.19. The predicted octanol–water partition coefficient (Wildman–Crippen LogP) is 0.606. The van der Waals surface area contributed by atoms with Gasteiger partial charge in [0.05, 0.1) is 11.0 Å². The molecule has 1 amide bonds. The highest BCUT2D eigenvalue weighted by Gasteiger charge is 2.31. The van der Waals surface area contributed by atoms with Crippen molar-refractivity contribution in [3.8, 4) is 0 Å². The lowest BCUT2D eigenvalue weighted by atomic mass is 9.87. The van der Waals surface area contributed by atoms with E-state index in [9.17, 15) is 14.4 Å². The molecule has 0 fully saturated rings. The molecule has 18 heavy (non-hydrogen) atoms. The molecule has 1 aromatic rings. The van der Waals surface area contributed by atoms with Gasteiger partial charge >= 0.3 is 5.97 Å². The summed E-state index contributed by atoms with van der Waals surface area (Å²) in [5.74, 6) is -1.36. The molecule has 1 heterocycles. The molecule has 0 saturated heterocycles. The van der Waals surface area contributed by atoms with Gasteiger partial charge in [0.2, 0.25) is 5.56 Å². The Hall–Kier alpha value is -2.11. The van der Waals surface area contributed by atoms with E-state index >= 15 is 0 Å². The quantitative estimate of drug-likeness (QED) is 0.714. The number of aromatic nitrogens is 1. The fourth-order valence-electron chi connectivity index (χ4n) is 1.28. The molecule has 0 bridgehead atoms. The summed E-state index contributed by atoms with van der Waals surface area (Å²) in [4.78, 5) is 36.0. The van der Waals surface area contributed by atoms with Crippen LogP contribution in [0.5, 0.6) is 0 Å². The van der Waals surface area contributed by atoms with Crippen LogP contribution in [0.15, 0.2) is 23.1 Å². The summed E-state index contributed by atoms with van der Waals surface area (Å²) in [5.41, 5.74) is -0.994. The topological polar surface area (TPSA) is 99.3 Å². The average Bonchev–Trinajstić information content (AvgIpc) is 2.36. The van der Waals surface area contributed by atoms with Crippen LogP contribution in [0.1, 0.15) is 30.6 Å². The highest BCUT2D eigenvalue weighted by molar-refractivity contribution is 5.94. The van der Waals surface area contributed by atoms with Crippen LogP contribution in [-0.4, -0.2) is 28.5 Å². The summed E-state index contributed by atoms with van der Waals surface area (Å²) in [5, 5.41) is 11.6. The minimum atomic E-state index is -0.988. The largest absolute Gasteiger partial charge is 0.481 e. The van der Waals surface area contributed by atoms with E-state index in [2.05, 4.69) is 10.3 Å². The minimum Gasteiger partial charge on any atom is -0.481 e. The highest BCUT2D eigenvalue weighted by Crippen LogP contribution is 2.19. The molecule has 0 spiro atoms. The Morgan fingerprint density at radius 3 is 2.56 bits per heavy atom. The SMILES string of the molecule is CCC(C)(CNC(=O)c1ccc(=O)[nH]c1)C(=O)O. The van der Waals surface area contributed by atoms with Crippen molar-refractivity contribution in [2.45, 2.75) is 20.3 Å². The lowest BCUT2D eigenvalue weighted by Gasteiger charge is -2.23. The number of aliphatic carboxylic acids is 1. The number of amides is 1. The summed E-state index contributed by atoms with van der Waals surface area (Å²) in [6, 6.07) is 2.63. The molecule has 98 valence electrons. The van der Waals surface area contributed by atoms with Crippen LogP contribution < -0.4 is 10.9 Å². The highest BCUT2D eigenvalue weighted by atomic mass is 16.4. The molecule has 1 rings (SSSR count). The Bertz CT molecular complexity index is 489. The van der Waals surface area contributed by atoms with Crippen molar-refractivity contribution in [2.75, 3.05) is 6.54 Å². The van der Waals surface area contributed by atoms with Crippen LogP contribution in [-0.2, 0) is 4.79 Å². The number of carbonyl (C=O) groups is 2. The van der Waals surface area contributed by atoms with Gasteiger partial charge in [-0.15, -0.1) is 0 Å². The van der Waals surface area contributed by atoms with Crippen LogP contribution in [0.2, 0.25) is 0 Å². The first-order chi connectivity index (χ1) is 8.39. The molecule has 0 aliphatic heterocycles. The summed E-state index contributed by atoms with van der Waals surface area (Å²) < 4.78 is 0. The van der Waals surface area contributed by atoms with Crippen LogP contribution in [0.25, 0.3) is 0 Å². The van der Waals surface area contributed by atoms with Crippen molar-refractivity contribution in [3.05, 3.63) is 34.2 Å². The Morgan fingerprint density at radius 1 is 1.44 bits per heavy atom. The number of aromatic amines is 1. The van der Waals surface area contributed by atoms with E-state index in [1.807, 2.05) is 0 Å². The second-order valence-electron chi connectivity index (χ2n) is 4.34. The molecule has 3 N–H and O–H groups in total. The second-order valence-corrected chi connectivity index (χ2v) is 4.34. The minimum absolute atomic E-state index is 0.0385. The van der Waals surface area contributed by atoms with E-state index in [1.165, 1.54) is 18.3 Å². The molecule has 1 unspecified atom stereocenters. The van der Waals surface area contributed by atoms with Crippen molar-refractivity contribution >= 4 is 11.9 Å². The fourth-order valence-corrected chi connectivity index (χ4v) is 1.28. The van der Waals surface area contributed by atoms with E-state index in [0.29, 0.717) is 12.0 Å². The van der Waals surface area contributed by atoms with Gasteiger partial charge in [-0.25, -0.2) is 0 Å². The first-order valence-corrected chi connectivity index (χ1v) is 5.59. The molecule has 1 aromatic heterocycles.